The van der Waals surface area contributed by atoms with E-state index in [1.807, 2.05) is 37.4 Å². The zero-order chi connectivity index (χ0) is 22.3. The van der Waals surface area contributed by atoms with Crippen LogP contribution in [0.25, 0.3) is 22.2 Å². The van der Waals surface area contributed by atoms with E-state index in [-0.39, 0.29) is 10.9 Å². The van der Waals surface area contributed by atoms with E-state index in [2.05, 4.69) is 15.0 Å². The Bertz CT molecular complexity index is 1430. The number of sulfonamides is 1. The first-order valence-electron chi connectivity index (χ1n) is 11.0. The van der Waals surface area contributed by atoms with Crippen LogP contribution in [0.2, 0.25) is 0 Å². The zero-order valence-electron chi connectivity index (χ0n) is 18.2. The standard InChI is InChI=1S/C25H26N2O3S2/c1-17-12-14-20(15-13-17)32(28,29)26-25-27(19-8-4-3-5-9-19)22(16-31-25)24-18(2)30-23-11-7-6-10-21(23)24/h6-7,10-16,19H,3-5,8-9H2,1-2H3/b26-25+. The summed E-state index contributed by atoms with van der Waals surface area (Å²) >= 11 is 1.39. The second-order valence-corrected chi connectivity index (χ2v) is 10.9. The van der Waals surface area contributed by atoms with Crippen LogP contribution in [-0.4, -0.2) is 13.0 Å². The molecule has 1 saturated carbocycles. The lowest BCUT2D eigenvalue weighted by Crippen LogP contribution is -2.25. The van der Waals surface area contributed by atoms with E-state index in [9.17, 15) is 8.42 Å². The van der Waals surface area contributed by atoms with Gasteiger partial charge in [-0.3, -0.25) is 0 Å². The predicted molar refractivity (Wildman–Crippen MR) is 128 cm³/mol. The highest BCUT2D eigenvalue weighted by Gasteiger charge is 2.25. The number of hydrogen-bond acceptors (Lipinski definition) is 4. The average molecular weight is 467 g/mol. The molecule has 1 aliphatic carbocycles. The maximum absolute atomic E-state index is 13.1. The molecule has 7 heteroatoms. The maximum atomic E-state index is 13.1. The molecule has 1 fully saturated rings. The molecule has 4 aromatic rings. The summed E-state index contributed by atoms with van der Waals surface area (Å²) < 4.78 is 38.8. The molecule has 5 rings (SSSR count). The number of furan rings is 1. The van der Waals surface area contributed by atoms with Gasteiger partial charge in [0.2, 0.25) is 4.80 Å². The van der Waals surface area contributed by atoms with Crippen LogP contribution in [0, 0.1) is 13.8 Å². The number of thiazole rings is 1. The van der Waals surface area contributed by atoms with Crippen LogP contribution in [0.3, 0.4) is 0 Å². The first kappa shape index (κ1) is 21.2. The van der Waals surface area contributed by atoms with Gasteiger partial charge in [0.05, 0.1) is 10.6 Å². The molecule has 2 aromatic heterocycles. The summed E-state index contributed by atoms with van der Waals surface area (Å²) in [6, 6.07) is 15.1. The van der Waals surface area contributed by atoms with Gasteiger partial charge in [0.25, 0.3) is 10.0 Å². The molecular formula is C25H26N2O3S2. The van der Waals surface area contributed by atoms with E-state index in [1.165, 1.54) is 17.8 Å². The number of para-hydroxylation sites is 1. The summed E-state index contributed by atoms with van der Waals surface area (Å²) in [4.78, 5) is 0.746. The number of nitrogens with zero attached hydrogens (tertiary/aromatic N) is 2. The molecule has 0 bridgehead atoms. The summed E-state index contributed by atoms with van der Waals surface area (Å²) in [7, 11) is -3.81. The minimum absolute atomic E-state index is 0.221. The molecule has 0 unspecified atom stereocenters. The van der Waals surface area contributed by atoms with Gasteiger partial charge in [-0.15, -0.1) is 15.7 Å². The third kappa shape index (κ3) is 3.84. The molecule has 2 aromatic carbocycles. The summed E-state index contributed by atoms with van der Waals surface area (Å²) in [6.45, 7) is 3.91. The van der Waals surface area contributed by atoms with E-state index < -0.39 is 10.0 Å². The van der Waals surface area contributed by atoms with E-state index in [4.69, 9.17) is 4.42 Å². The van der Waals surface area contributed by atoms with Crippen molar-refractivity contribution >= 4 is 32.3 Å². The van der Waals surface area contributed by atoms with Gasteiger partial charge in [0.1, 0.15) is 11.3 Å². The topological polar surface area (TPSA) is 64.6 Å². The Morgan fingerprint density at radius 3 is 2.47 bits per heavy atom. The van der Waals surface area contributed by atoms with Gasteiger partial charge >= 0.3 is 0 Å². The highest BCUT2D eigenvalue weighted by molar-refractivity contribution is 7.90. The zero-order valence-corrected chi connectivity index (χ0v) is 19.9. The Kier molecular flexibility index (Phi) is 5.55. The van der Waals surface area contributed by atoms with E-state index >= 15 is 0 Å². The lowest BCUT2D eigenvalue weighted by Gasteiger charge is -2.25. The fourth-order valence-electron chi connectivity index (χ4n) is 4.61. The molecule has 5 nitrogen and oxygen atoms in total. The maximum Gasteiger partial charge on any atom is 0.285 e. The third-order valence-electron chi connectivity index (χ3n) is 6.23. The lowest BCUT2D eigenvalue weighted by molar-refractivity contribution is 0.351. The van der Waals surface area contributed by atoms with Crippen molar-refractivity contribution in [3.63, 3.8) is 0 Å². The number of fused-ring (bicyclic) bond motifs is 1. The van der Waals surface area contributed by atoms with Gasteiger partial charge in [-0.1, -0.05) is 55.2 Å². The van der Waals surface area contributed by atoms with Crippen LogP contribution in [0.15, 0.2) is 67.6 Å². The summed E-state index contributed by atoms with van der Waals surface area (Å²) in [6.07, 6.45) is 5.55. The van der Waals surface area contributed by atoms with Gasteiger partial charge < -0.3 is 8.98 Å². The van der Waals surface area contributed by atoms with E-state index in [1.54, 1.807) is 24.3 Å². The van der Waals surface area contributed by atoms with Crippen molar-refractivity contribution in [3.05, 3.63) is 70.0 Å². The second-order valence-electron chi connectivity index (χ2n) is 8.47. The SMILES string of the molecule is Cc1ccc(S(=O)(=O)/N=c2/scc(-c3c(C)oc4ccccc34)n2C2CCCCC2)cc1. The Labute approximate surface area is 192 Å². The fourth-order valence-corrected chi connectivity index (χ4v) is 6.77. The summed E-state index contributed by atoms with van der Waals surface area (Å²) in [5.41, 5.74) is 3.87. The Morgan fingerprint density at radius 2 is 1.72 bits per heavy atom. The Morgan fingerprint density at radius 1 is 1.00 bits per heavy atom. The fraction of sp³-hybridized carbons (Fsp3) is 0.320. The van der Waals surface area contributed by atoms with Crippen molar-refractivity contribution in [1.29, 1.82) is 0 Å². The van der Waals surface area contributed by atoms with Crippen molar-refractivity contribution in [3.8, 4) is 11.3 Å². The van der Waals surface area contributed by atoms with Crippen molar-refractivity contribution in [2.75, 3.05) is 0 Å². The third-order valence-corrected chi connectivity index (χ3v) is 8.46. The van der Waals surface area contributed by atoms with Gasteiger partial charge in [0, 0.05) is 22.4 Å². The van der Waals surface area contributed by atoms with Crippen molar-refractivity contribution in [2.45, 2.75) is 56.9 Å². The first-order valence-corrected chi connectivity index (χ1v) is 13.3. The number of aryl methyl sites for hydroxylation is 2. The molecule has 0 radical (unpaired) electrons. The quantitative estimate of drug-likeness (QED) is 0.351. The molecule has 0 aliphatic heterocycles. The monoisotopic (exact) mass is 466 g/mol. The second kappa shape index (κ2) is 8.37. The van der Waals surface area contributed by atoms with Crippen molar-refractivity contribution in [2.24, 2.45) is 4.40 Å². The first-order chi connectivity index (χ1) is 15.4. The van der Waals surface area contributed by atoms with Gasteiger partial charge in [-0.05, 0) is 44.9 Å². The molecule has 0 atom stereocenters. The minimum Gasteiger partial charge on any atom is -0.461 e. The summed E-state index contributed by atoms with van der Waals surface area (Å²) in [5, 5.41) is 3.07. The molecule has 1 aliphatic rings. The van der Waals surface area contributed by atoms with Crippen LogP contribution in [0.4, 0.5) is 0 Å². The number of benzene rings is 2. The Balaban J connectivity index is 1.72. The molecule has 0 N–H and O–H groups in total. The molecule has 0 spiro atoms. The van der Waals surface area contributed by atoms with Crippen molar-refractivity contribution in [1.82, 2.24) is 4.57 Å². The molecule has 0 saturated heterocycles. The van der Waals surface area contributed by atoms with Crippen LogP contribution in [0.1, 0.15) is 49.5 Å². The molecule has 0 amide bonds. The number of rotatable bonds is 4. The number of aromatic nitrogens is 1. The largest absolute Gasteiger partial charge is 0.461 e. The van der Waals surface area contributed by atoms with Gasteiger partial charge in [-0.25, -0.2) is 0 Å². The number of hydrogen-bond donors (Lipinski definition) is 0. The van der Waals surface area contributed by atoms with E-state index in [0.29, 0.717) is 4.80 Å². The lowest BCUT2D eigenvalue weighted by atomic mass is 9.94. The van der Waals surface area contributed by atoms with Crippen LogP contribution in [-0.2, 0) is 10.0 Å². The molecule has 2 heterocycles. The van der Waals surface area contributed by atoms with Gasteiger partial charge in [-0.2, -0.15) is 8.42 Å². The molecule has 166 valence electrons. The predicted octanol–water partition coefficient (Wildman–Crippen LogP) is 6.37. The minimum atomic E-state index is -3.81. The summed E-state index contributed by atoms with van der Waals surface area (Å²) in [5.74, 6) is 0.835. The van der Waals surface area contributed by atoms with Gasteiger partial charge in [0.15, 0.2) is 0 Å². The molecule has 32 heavy (non-hydrogen) atoms. The highest BCUT2D eigenvalue weighted by Crippen LogP contribution is 2.38. The average Bonchev–Trinajstić information content (AvgIpc) is 3.33. The van der Waals surface area contributed by atoms with Crippen LogP contribution >= 0.6 is 11.3 Å². The Hall–Kier alpha value is -2.64. The highest BCUT2D eigenvalue weighted by atomic mass is 32.2. The van der Waals surface area contributed by atoms with Crippen molar-refractivity contribution < 1.29 is 12.8 Å². The van der Waals surface area contributed by atoms with Crippen LogP contribution < -0.4 is 4.80 Å². The van der Waals surface area contributed by atoms with E-state index in [0.717, 1.165) is 59.2 Å². The molecular weight excluding hydrogens is 440 g/mol. The normalized spacial score (nSPS) is 16.1. The smallest absolute Gasteiger partial charge is 0.285 e. The van der Waals surface area contributed by atoms with Crippen LogP contribution in [0.5, 0.6) is 0 Å².